The summed E-state index contributed by atoms with van der Waals surface area (Å²) in [4.78, 5) is 35.0. The van der Waals surface area contributed by atoms with E-state index in [2.05, 4.69) is 10.1 Å². The van der Waals surface area contributed by atoms with Crippen molar-refractivity contribution in [1.29, 1.82) is 0 Å². The van der Waals surface area contributed by atoms with Gasteiger partial charge in [0, 0.05) is 18.7 Å². The van der Waals surface area contributed by atoms with Crippen LogP contribution < -0.4 is 10.2 Å². The van der Waals surface area contributed by atoms with Gasteiger partial charge in [-0.25, -0.2) is 4.79 Å². The van der Waals surface area contributed by atoms with Gasteiger partial charge in [-0.1, -0.05) is 18.2 Å². The zero-order chi connectivity index (χ0) is 15.7. The molecule has 7 heteroatoms. The first-order valence-electron chi connectivity index (χ1n) is 6.42. The fourth-order valence-electron chi connectivity index (χ4n) is 1.74. The average Bonchev–Trinajstić information content (AvgIpc) is 2.46. The standard InChI is InChI=1S/C14H18N2O5/c1-21-14(20)15-12(17)10-16(9-5-8-13(18)19)11-6-3-2-4-7-11/h2-4,6-7H,5,8-10H2,1H3,(H,18,19)(H,15,17,20). The van der Waals surface area contributed by atoms with Crippen LogP contribution in [0.5, 0.6) is 0 Å². The molecule has 0 spiro atoms. The van der Waals surface area contributed by atoms with E-state index in [1.54, 1.807) is 4.90 Å². The minimum atomic E-state index is -0.887. The van der Waals surface area contributed by atoms with Gasteiger partial charge in [-0.2, -0.15) is 0 Å². The van der Waals surface area contributed by atoms with E-state index in [-0.39, 0.29) is 13.0 Å². The molecule has 0 atom stereocenters. The first-order chi connectivity index (χ1) is 10.0. The molecule has 0 bridgehead atoms. The van der Waals surface area contributed by atoms with E-state index >= 15 is 0 Å². The molecule has 0 aromatic heterocycles. The highest BCUT2D eigenvalue weighted by Crippen LogP contribution is 2.13. The maximum atomic E-state index is 11.7. The molecule has 0 unspecified atom stereocenters. The number of amides is 2. The molecule has 114 valence electrons. The number of para-hydroxylation sites is 1. The number of rotatable bonds is 7. The number of carbonyl (C=O) groups is 3. The van der Waals surface area contributed by atoms with Crippen LogP contribution in [0.3, 0.4) is 0 Å². The summed E-state index contributed by atoms with van der Waals surface area (Å²) >= 11 is 0. The predicted octanol–water partition coefficient (Wildman–Crippen LogP) is 1.24. The zero-order valence-electron chi connectivity index (χ0n) is 11.7. The summed E-state index contributed by atoms with van der Waals surface area (Å²) in [6.45, 7) is 0.337. The third-order valence-corrected chi connectivity index (χ3v) is 2.70. The van der Waals surface area contributed by atoms with E-state index in [0.29, 0.717) is 13.0 Å². The lowest BCUT2D eigenvalue weighted by atomic mass is 10.2. The molecule has 0 radical (unpaired) electrons. The molecule has 0 aliphatic rings. The minimum absolute atomic E-state index is 0.0158. The summed E-state index contributed by atoms with van der Waals surface area (Å²) in [5.41, 5.74) is 0.780. The van der Waals surface area contributed by atoms with Crippen molar-refractivity contribution < 1.29 is 24.2 Å². The van der Waals surface area contributed by atoms with E-state index in [1.165, 1.54) is 7.11 Å². The number of anilines is 1. The smallest absolute Gasteiger partial charge is 0.413 e. The first-order valence-corrected chi connectivity index (χ1v) is 6.42. The van der Waals surface area contributed by atoms with Gasteiger partial charge in [-0.05, 0) is 18.6 Å². The van der Waals surface area contributed by atoms with Crippen LogP contribution in [0.25, 0.3) is 0 Å². The Morgan fingerprint density at radius 3 is 2.48 bits per heavy atom. The van der Waals surface area contributed by atoms with Gasteiger partial charge in [0.25, 0.3) is 0 Å². The molecule has 1 aromatic rings. The van der Waals surface area contributed by atoms with Crippen LogP contribution in [-0.4, -0.2) is 43.3 Å². The van der Waals surface area contributed by atoms with Gasteiger partial charge in [0.1, 0.15) is 0 Å². The van der Waals surface area contributed by atoms with Crippen LogP contribution in [0.15, 0.2) is 30.3 Å². The molecular weight excluding hydrogens is 276 g/mol. The number of alkyl carbamates (subject to hydrolysis) is 1. The monoisotopic (exact) mass is 294 g/mol. The topological polar surface area (TPSA) is 95.9 Å². The van der Waals surface area contributed by atoms with Crippen molar-refractivity contribution in [1.82, 2.24) is 5.32 Å². The molecule has 2 amide bonds. The highest BCUT2D eigenvalue weighted by Gasteiger charge is 2.14. The van der Waals surface area contributed by atoms with Gasteiger partial charge in [-0.15, -0.1) is 0 Å². The van der Waals surface area contributed by atoms with E-state index in [0.717, 1.165) is 5.69 Å². The van der Waals surface area contributed by atoms with Crippen molar-refractivity contribution in [3.05, 3.63) is 30.3 Å². The van der Waals surface area contributed by atoms with Gasteiger partial charge in [0.05, 0.1) is 13.7 Å². The number of benzene rings is 1. The van der Waals surface area contributed by atoms with E-state index in [9.17, 15) is 14.4 Å². The van der Waals surface area contributed by atoms with Crippen LogP contribution in [0.4, 0.5) is 10.5 Å². The summed E-state index contributed by atoms with van der Waals surface area (Å²) in [5.74, 6) is -1.40. The second kappa shape index (κ2) is 8.57. The number of imide groups is 1. The molecule has 0 saturated heterocycles. The van der Waals surface area contributed by atoms with Gasteiger partial charge < -0.3 is 14.7 Å². The number of aliphatic carboxylic acids is 1. The number of carbonyl (C=O) groups excluding carboxylic acids is 2. The van der Waals surface area contributed by atoms with Crippen molar-refractivity contribution in [2.24, 2.45) is 0 Å². The first kappa shape index (κ1) is 16.5. The highest BCUT2D eigenvalue weighted by atomic mass is 16.5. The van der Waals surface area contributed by atoms with Gasteiger partial charge >= 0.3 is 12.1 Å². The van der Waals surface area contributed by atoms with E-state index in [1.807, 2.05) is 30.3 Å². The molecule has 1 rings (SSSR count). The predicted molar refractivity (Wildman–Crippen MR) is 76.1 cm³/mol. The number of carboxylic acid groups (broad SMARTS) is 1. The minimum Gasteiger partial charge on any atom is -0.481 e. The summed E-state index contributed by atoms with van der Waals surface area (Å²) in [5, 5.41) is 10.7. The van der Waals surface area contributed by atoms with Gasteiger partial charge in [-0.3, -0.25) is 14.9 Å². The molecular formula is C14H18N2O5. The fraction of sp³-hybridized carbons (Fsp3) is 0.357. The third kappa shape index (κ3) is 6.42. The second-order valence-electron chi connectivity index (χ2n) is 4.29. The maximum absolute atomic E-state index is 11.7. The van der Waals surface area contributed by atoms with Crippen molar-refractivity contribution in [3.63, 3.8) is 0 Å². The van der Waals surface area contributed by atoms with E-state index in [4.69, 9.17) is 5.11 Å². The second-order valence-corrected chi connectivity index (χ2v) is 4.29. The summed E-state index contributed by atoms with van der Waals surface area (Å²) in [7, 11) is 1.17. The van der Waals surface area contributed by atoms with Gasteiger partial charge in [0.15, 0.2) is 0 Å². The SMILES string of the molecule is COC(=O)NC(=O)CN(CCCC(=O)O)c1ccccc1. The van der Waals surface area contributed by atoms with Crippen LogP contribution in [0, 0.1) is 0 Å². The molecule has 0 aliphatic carbocycles. The molecule has 0 saturated carbocycles. The molecule has 2 N–H and O–H groups in total. The quantitative estimate of drug-likeness (QED) is 0.785. The number of carboxylic acids is 1. The largest absolute Gasteiger partial charge is 0.481 e. The van der Waals surface area contributed by atoms with Gasteiger partial charge in [0.2, 0.25) is 5.91 Å². The van der Waals surface area contributed by atoms with Crippen LogP contribution in [0.2, 0.25) is 0 Å². The van der Waals surface area contributed by atoms with Crippen molar-refractivity contribution in [3.8, 4) is 0 Å². The highest BCUT2D eigenvalue weighted by molar-refractivity contribution is 5.94. The fourth-order valence-corrected chi connectivity index (χ4v) is 1.74. The Balaban J connectivity index is 2.66. The summed E-state index contributed by atoms with van der Waals surface area (Å²) < 4.78 is 4.35. The molecule has 0 heterocycles. The lowest BCUT2D eigenvalue weighted by molar-refractivity contribution is -0.137. The lowest BCUT2D eigenvalue weighted by Crippen LogP contribution is -2.40. The van der Waals surface area contributed by atoms with Crippen LogP contribution in [-0.2, 0) is 14.3 Å². The number of hydrogen-bond donors (Lipinski definition) is 2. The Kier molecular flexibility index (Phi) is 6.73. The number of nitrogens with zero attached hydrogens (tertiary/aromatic N) is 1. The average molecular weight is 294 g/mol. The van der Waals surface area contributed by atoms with Crippen LogP contribution in [0.1, 0.15) is 12.8 Å². The Hall–Kier alpha value is -2.57. The normalized spacial score (nSPS) is 9.76. The molecule has 1 aromatic carbocycles. The Labute approximate surface area is 122 Å². The van der Waals surface area contributed by atoms with Crippen LogP contribution >= 0.6 is 0 Å². The summed E-state index contributed by atoms with van der Waals surface area (Å²) in [6, 6.07) is 9.10. The number of methoxy groups -OCH3 is 1. The number of hydrogen-bond acceptors (Lipinski definition) is 5. The lowest BCUT2D eigenvalue weighted by Gasteiger charge is -2.23. The van der Waals surface area contributed by atoms with Crippen molar-refractivity contribution in [2.75, 3.05) is 25.1 Å². The molecule has 21 heavy (non-hydrogen) atoms. The molecule has 7 nitrogen and oxygen atoms in total. The number of ether oxygens (including phenoxy) is 1. The summed E-state index contributed by atoms with van der Waals surface area (Å²) in [6.07, 6.45) is -0.406. The molecule has 0 aliphatic heterocycles. The Bertz CT molecular complexity index is 489. The maximum Gasteiger partial charge on any atom is 0.413 e. The Morgan fingerprint density at radius 2 is 1.90 bits per heavy atom. The molecule has 0 fully saturated rings. The zero-order valence-corrected chi connectivity index (χ0v) is 11.7. The Morgan fingerprint density at radius 1 is 1.24 bits per heavy atom. The number of nitrogens with one attached hydrogen (secondary N) is 1. The van der Waals surface area contributed by atoms with Crippen molar-refractivity contribution in [2.45, 2.75) is 12.8 Å². The third-order valence-electron chi connectivity index (χ3n) is 2.70. The van der Waals surface area contributed by atoms with E-state index < -0.39 is 18.0 Å². The van der Waals surface area contributed by atoms with Crippen molar-refractivity contribution >= 4 is 23.7 Å².